The molecule has 2 nitrogen and oxygen atoms in total. The fourth-order valence-electron chi connectivity index (χ4n) is 13.0. The van der Waals surface area contributed by atoms with E-state index >= 15 is 0 Å². The quantitative estimate of drug-likeness (QED) is 0.166. The Balaban J connectivity index is 0.988. The van der Waals surface area contributed by atoms with Crippen LogP contribution in [0.4, 0.5) is 17.1 Å². The van der Waals surface area contributed by atoms with Gasteiger partial charge >= 0.3 is 0 Å². The molecular formula is C62H55NO. The summed E-state index contributed by atoms with van der Waals surface area (Å²) in [4.78, 5) is 2.50. The van der Waals surface area contributed by atoms with Gasteiger partial charge in [-0.1, -0.05) is 161 Å². The largest absolute Gasteiger partial charge is 0.456 e. The van der Waals surface area contributed by atoms with Crippen LogP contribution in [0.2, 0.25) is 0 Å². The first kappa shape index (κ1) is 39.0. The zero-order valence-electron chi connectivity index (χ0n) is 37.4. The number of hydrogen-bond donors (Lipinski definition) is 0. The summed E-state index contributed by atoms with van der Waals surface area (Å²) in [5, 5.41) is 2.31. The van der Waals surface area contributed by atoms with Crippen LogP contribution in [0.3, 0.4) is 0 Å². The van der Waals surface area contributed by atoms with E-state index in [-0.39, 0.29) is 10.8 Å². The summed E-state index contributed by atoms with van der Waals surface area (Å²) in [7, 11) is 0. The second kappa shape index (κ2) is 15.0. The minimum absolute atomic E-state index is 0.00290. The molecule has 314 valence electrons. The lowest BCUT2D eigenvalue weighted by atomic mass is 9.42. The average molecular weight is 830 g/mol. The summed E-state index contributed by atoms with van der Waals surface area (Å²) >= 11 is 0. The Morgan fingerprint density at radius 2 is 0.844 bits per heavy atom. The Kier molecular flexibility index (Phi) is 9.13. The number of furan rings is 1. The van der Waals surface area contributed by atoms with E-state index in [0.717, 1.165) is 50.7 Å². The molecule has 0 N–H and O–H groups in total. The fourth-order valence-corrected chi connectivity index (χ4v) is 13.0. The van der Waals surface area contributed by atoms with Gasteiger partial charge in [0, 0.05) is 38.7 Å². The van der Waals surface area contributed by atoms with Gasteiger partial charge in [-0.2, -0.15) is 0 Å². The summed E-state index contributed by atoms with van der Waals surface area (Å²) in [6, 6.07) is 70.1. The molecule has 0 aliphatic heterocycles. The maximum Gasteiger partial charge on any atom is 0.136 e. The molecule has 2 bridgehead atoms. The van der Waals surface area contributed by atoms with E-state index < -0.39 is 0 Å². The fraction of sp³-hybridized carbons (Fsp3) is 0.226. The number of benzene rings is 8. The Labute approximate surface area is 378 Å². The normalized spacial score (nSPS) is 22.0. The van der Waals surface area contributed by atoms with Crippen LogP contribution >= 0.6 is 0 Å². The highest BCUT2D eigenvalue weighted by Crippen LogP contribution is 2.65. The molecule has 0 atom stereocenters. The molecule has 0 unspecified atom stereocenters. The van der Waals surface area contributed by atoms with Crippen molar-refractivity contribution in [1.82, 2.24) is 0 Å². The van der Waals surface area contributed by atoms with E-state index in [1.807, 2.05) is 6.07 Å². The average Bonchev–Trinajstić information content (AvgIpc) is 3.70. The van der Waals surface area contributed by atoms with Crippen molar-refractivity contribution in [2.45, 2.75) is 64.2 Å². The lowest BCUT2D eigenvalue weighted by molar-refractivity contribution is 0.0233. The molecule has 8 aromatic carbocycles. The first-order valence-corrected chi connectivity index (χ1v) is 23.6. The van der Waals surface area contributed by atoms with Gasteiger partial charge in [-0.3, -0.25) is 0 Å². The van der Waals surface area contributed by atoms with E-state index in [1.165, 1.54) is 70.3 Å². The van der Waals surface area contributed by atoms with Gasteiger partial charge in [0.2, 0.25) is 0 Å². The summed E-state index contributed by atoms with van der Waals surface area (Å²) in [5.74, 6) is 2.72. The zero-order valence-corrected chi connectivity index (χ0v) is 37.4. The molecule has 2 heteroatoms. The van der Waals surface area contributed by atoms with Crippen LogP contribution in [0.25, 0.3) is 55.3 Å². The van der Waals surface area contributed by atoms with Gasteiger partial charge < -0.3 is 9.32 Å². The third-order valence-electron chi connectivity index (χ3n) is 15.8. The van der Waals surface area contributed by atoms with Crippen molar-refractivity contribution >= 4 is 39.0 Å². The SMILES string of the molecule is CC1CC2CC(C)CC(C1)C21c2ccccc2C(C)(C)c2ccc(N(c3ccc(-c4ccc(-c5ccccc5)cc4)cc3)c3ccc(-c4ccc5c(c4)oc4ccccc45)cc3)cc21. The number of para-hydroxylation sites is 1. The first-order valence-electron chi connectivity index (χ1n) is 23.6. The molecule has 0 saturated heterocycles. The van der Waals surface area contributed by atoms with Crippen molar-refractivity contribution in [2.24, 2.45) is 23.7 Å². The van der Waals surface area contributed by atoms with Crippen LogP contribution in [0, 0.1) is 23.7 Å². The second-order valence-corrected chi connectivity index (χ2v) is 20.0. The Bertz CT molecular complexity index is 3140. The van der Waals surface area contributed by atoms with Gasteiger partial charge in [0.25, 0.3) is 0 Å². The van der Waals surface area contributed by atoms with Crippen LogP contribution in [-0.2, 0) is 10.8 Å². The van der Waals surface area contributed by atoms with E-state index in [0.29, 0.717) is 11.8 Å². The van der Waals surface area contributed by atoms with E-state index in [1.54, 1.807) is 11.1 Å². The predicted molar refractivity (Wildman–Crippen MR) is 268 cm³/mol. The first-order chi connectivity index (χ1) is 31.3. The van der Waals surface area contributed by atoms with E-state index in [9.17, 15) is 0 Å². The predicted octanol–water partition coefficient (Wildman–Crippen LogP) is 17.1. The summed E-state index contributed by atoms with van der Waals surface area (Å²) in [6.45, 7) is 9.96. The Hall–Kier alpha value is -6.64. The van der Waals surface area contributed by atoms with Gasteiger partial charge in [-0.05, 0) is 160 Å². The third-order valence-corrected chi connectivity index (χ3v) is 15.8. The van der Waals surface area contributed by atoms with Crippen molar-refractivity contribution in [3.8, 4) is 33.4 Å². The van der Waals surface area contributed by atoms with Crippen molar-refractivity contribution < 1.29 is 4.42 Å². The number of anilines is 3. The van der Waals surface area contributed by atoms with Gasteiger partial charge in [-0.15, -0.1) is 0 Å². The molecule has 2 fully saturated rings. The highest BCUT2D eigenvalue weighted by Gasteiger charge is 2.59. The van der Waals surface area contributed by atoms with Crippen LogP contribution < -0.4 is 4.90 Å². The lowest BCUT2D eigenvalue weighted by Gasteiger charge is -2.61. The third kappa shape index (κ3) is 6.13. The Morgan fingerprint density at radius 3 is 1.47 bits per heavy atom. The molecule has 1 spiro atoms. The molecule has 64 heavy (non-hydrogen) atoms. The lowest BCUT2D eigenvalue weighted by Crippen LogP contribution is -2.56. The molecule has 3 aliphatic rings. The topological polar surface area (TPSA) is 16.4 Å². The maximum atomic E-state index is 6.32. The molecule has 1 aromatic heterocycles. The molecule has 3 aliphatic carbocycles. The van der Waals surface area contributed by atoms with Crippen LogP contribution in [0.15, 0.2) is 192 Å². The standard InChI is InChI=1S/C62H55NO/c1-40-34-48-36-41(2)37-49(35-40)62(48)57-16-10-9-15-55(57)61(3,4)56-33-31-52(39-58(56)62)63(50-27-22-45(23-28-50)44-20-18-43(19-21-44)42-12-6-5-7-13-42)51-29-24-46(25-30-51)47-26-32-54-53-14-8-11-17-59(53)64-60(54)38-47/h5-33,38-41,48-49H,34-37H2,1-4H3. The number of nitrogens with zero attached hydrogens (tertiary/aromatic N) is 1. The monoisotopic (exact) mass is 829 g/mol. The molecular weight excluding hydrogens is 775 g/mol. The zero-order chi connectivity index (χ0) is 43.2. The smallest absolute Gasteiger partial charge is 0.136 e. The molecule has 0 amide bonds. The van der Waals surface area contributed by atoms with Gasteiger partial charge in [-0.25, -0.2) is 0 Å². The van der Waals surface area contributed by atoms with E-state index in [2.05, 4.69) is 215 Å². The van der Waals surface area contributed by atoms with E-state index in [4.69, 9.17) is 4.42 Å². The molecule has 1 heterocycles. The number of hydrogen-bond acceptors (Lipinski definition) is 2. The van der Waals surface area contributed by atoms with Crippen LogP contribution in [0.1, 0.15) is 75.6 Å². The number of rotatable bonds is 6. The van der Waals surface area contributed by atoms with Crippen molar-refractivity contribution in [3.63, 3.8) is 0 Å². The number of fused-ring (bicyclic) bond motifs is 5. The Morgan fingerprint density at radius 1 is 0.391 bits per heavy atom. The maximum absolute atomic E-state index is 6.32. The van der Waals surface area contributed by atoms with Gasteiger partial charge in [0.15, 0.2) is 0 Å². The van der Waals surface area contributed by atoms with Crippen LogP contribution in [-0.4, -0.2) is 0 Å². The summed E-state index contributed by atoms with van der Waals surface area (Å²) < 4.78 is 6.32. The summed E-state index contributed by atoms with van der Waals surface area (Å²) in [5.41, 5.74) is 18.6. The molecule has 2 saturated carbocycles. The highest BCUT2D eigenvalue weighted by atomic mass is 16.3. The molecule has 12 rings (SSSR count). The van der Waals surface area contributed by atoms with Gasteiger partial charge in [0.05, 0.1) is 0 Å². The van der Waals surface area contributed by atoms with Crippen LogP contribution in [0.5, 0.6) is 0 Å². The molecule has 9 aromatic rings. The molecule has 0 radical (unpaired) electrons. The second-order valence-electron chi connectivity index (χ2n) is 20.0. The minimum atomic E-state index is -0.107. The van der Waals surface area contributed by atoms with Crippen molar-refractivity contribution in [3.05, 3.63) is 210 Å². The van der Waals surface area contributed by atoms with Crippen molar-refractivity contribution in [1.29, 1.82) is 0 Å². The highest BCUT2D eigenvalue weighted by molar-refractivity contribution is 6.05. The van der Waals surface area contributed by atoms with Crippen molar-refractivity contribution in [2.75, 3.05) is 4.90 Å². The summed E-state index contributed by atoms with van der Waals surface area (Å²) in [6.07, 6.45) is 5.16. The van der Waals surface area contributed by atoms with Gasteiger partial charge in [0.1, 0.15) is 11.2 Å². The minimum Gasteiger partial charge on any atom is -0.456 e.